The Bertz CT molecular complexity index is 1070. The summed E-state index contributed by atoms with van der Waals surface area (Å²) in [6.07, 6.45) is 0. The van der Waals surface area contributed by atoms with Crippen molar-refractivity contribution >= 4 is 23.4 Å². The molecule has 1 aromatic heterocycles. The van der Waals surface area contributed by atoms with Gasteiger partial charge in [-0.15, -0.1) is 11.8 Å². The van der Waals surface area contributed by atoms with Crippen molar-refractivity contribution in [1.29, 1.82) is 0 Å². The lowest BCUT2D eigenvalue weighted by Gasteiger charge is -2.18. The second-order valence-corrected chi connectivity index (χ2v) is 7.63. The van der Waals surface area contributed by atoms with E-state index in [2.05, 4.69) is 35.5 Å². The van der Waals surface area contributed by atoms with Gasteiger partial charge in [0.1, 0.15) is 11.5 Å². The number of carbonyl (C=O) groups excluding carboxylic acids is 1. The molecule has 0 saturated heterocycles. The molecule has 0 aliphatic carbocycles. The van der Waals surface area contributed by atoms with Crippen molar-refractivity contribution in [1.82, 2.24) is 9.78 Å². The van der Waals surface area contributed by atoms with Crippen molar-refractivity contribution in [3.8, 4) is 22.8 Å². The Morgan fingerprint density at radius 2 is 2.00 bits per heavy atom. The lowest BCUT2D eigenvalue weighted by atomic mass is 10.0. The van der Waals surface area contributed by atoms with E-state index in [0.29, 0.717) is 28.6 Å². The van der Waals surface area contributed by atoms with Crippen LogP contribution in [0.25, 0.3) is 11.3 Å². The highest BCUT2D eigenvalue weighted by atomic mass is 32.2. The van der Waals surface area contributed by atoms with E-state index in [4.69, 9.17) is 9.47 Å². The van der Waals surface area contributed by atoms with Crippen LogP contribution in [0.3, 0.4) is 0 Å². The van der Waals surface area contributed by atoms with Crippen LogP contribution in [0.2, 0.25) is 0 Å². The second kappa shape index (κ2) is 7.24. The van der Waals surface area contributed by atoms with E-state index in [1.165, 1.54) is 10.5 Å². The van der Waals surface area contributed by atoms with E-state index < -0.39 is 0 Å². The molecule has 0 atom stereocenters. The number of thioether (sulfide) groups is 1. The normalized spacial score (nSPS) is 12.1. The Hall–Kier alpha value is -2.93. The van der Waals surface area contributed by atoms with Crippen LogP contribution in [-0.4, -0.2) is 29.9 Å². The number of aryl methyl sites for hydroxylation is 2. The molecule has 7 heteroatoms. The van der Waals surface area contributed by atoms with Crippen molar-refractivity contribution in [3.05, 3.63) is 53.2 Å². The third-order valence-corrected chi connectivity index (χ3v) is 5.88. The largest absolute Gasteiger partial charge is 0.497 e. The van der Waals surface area contributed by atoms with E-state index in [1.54, 1.807) is 48.9 Å². The zero-order valence-corrected chi connectivity index (χ0v) is 17.0. The average Bonchev–Trinajstić information content (AvgIpc) is 3.05. The van der Waals surface area contributed by atoms with Crippen molar-refractivity contribution < 1.29 is 14.3 Å². The summed E-state index contributed by atoms with van der Waals surface area (Å²) >= 11 is 1.73. The topological polar surface area (TPSA) is 65.4 Å². The summed E-state index contributed by atoms with van der Waals surface area (Å²) < 4.78 is 12.4. The first-order valence-corrected chi connectivity index (χ1v) is 9.83. The summed E-state index contributed by atoms with van der Waals surface area (Å²) in [5, 5.41) is 7.46. The highest BCUT2D eigenvalue weighted by molar-refractivity contribution is 7.98. The van der Waals surface area contributed by atoms with Gasteiger partial charge in [0.05, 0.1) is 25.6 Å². The number of benzene rings is 2. The van der Waals surface area contributed by atoms with Crippen LogP contribution in [0.15, 0.2) is 41.3 Å². The van der Waals surface area contributed by atoms with Crippen LogP contribution in [0, 0.1) is 6.92 Å². The summed E-state index contributed by atoms with van der Waals surface area (Å²) in [5.74, 6) is 1.65. The molecular formula is C21H21N3O3S. The number of nitrogens with zero attached hydrogens (tertiary/aromatic N) is 2. The summed E-state index contributed by atoms with van der Waals surface area (Å²) in [6, 6.07) is 11.7. The lowest BCUT2D eigenvalue weighted by Crippen LogP contribution is -2.15. The molecule has 2 aromatic carbocycles. The Kier molecular flexibility index (Phi) is 4.77. The van der Waals surface area contributed by atoms with E-state index in [9.17, 15) is 4.79 Å². The van der Waals surface area contributed by atoms with Gasteiger partial charge < -0.3 is 14.8 Å². The summed E-state index contributed by atoms with van der Waals surface area (Å²) in [6.45, 7) is 2.07. The third kappa shape index (κ3) is 3.11. The van der Waals surface area contributed by atoms with E-state index in [1.807, 2.05) is 7.05 Å². The Balaban J connectivity index is 1.70. The van der Waals surface area contributed by atoms with Gasteiger partial charge in [-0.3, -0.25) is 9.48 Å². The van der Waals surface area contributed by atoms with Crippen molar-refractivity contribution in [2.24, 2.45) is 7.05 Å². The zero-order chi connectivity index (χ0) is 19.8. The van der Waals surface area contributed by atoms with Crippen molar-refractivity contribution in [3.63, 3.8) is 0 Å². The van der Waals surface area contributed by atoms with Crippen molar-refractivity contribution in [2.45, 2.75) is 17.6 Å². The van der Waals surface area contributed by atoms with Gasteiger partial charge in [0.15, 0.2) is 5.69 Å². The lowest BCUT2D eigenvalue weighted by molar-refractivity contribution is 0.102. The molecular weight excluding hydrogens is 374 g/mol. The number of methoxy groups -OCH3 is 2. The molecule has 0 bridgehead atoms. The number of fused-ring (bicyclic) bond motifs is 3. The minimum atomic E-state index is -0.253. The maximum Gasteiger partial charge on any atom is 0.276 e. The third-order valence-electron chi connectivity index (χ3n) is 4.78. The second-order valence-electron chi connectivity index (χ2n) is 6.61. The quantitative estimate of drug-likeness (QED) is 0.715. The first kappa shape index (κ1) is 18.4. The van der Waals surface area contributed by atoms with Gasteiger partial charge in [-0.2, -0.15) is 5.10 Å². The molecule has 1 aliphatic rings. The van der Waals surface area contributed by atoms with Gasteiger partial charge >= 0.3 is 0 Å². The van der Waals surface area contributed by atoms with E-state index in [0.717, 1.165) is 16.8 Å². The molecule has 2 heterocycles. The fourth-order valence-corrected chi connectivity index (χ4v) is 4.46. The number of nitrogens with one attached hydrogen (secondary N) is 1. The summed E-state index contributed by atoms with van der Waals surface area (Å²) in [4.78, 5) is 14.2. The predicted octanol–water partition coefficient (Wildman–Crippen LogP) is 4.27. The number of carbonyl (C=O) groups is 1. The molecule has 0 saturated carbocycles. The Morgan fingerprint density at radius 1 is 1.18 bits per heavy atom. The minimum Gasteiger partial charge on any atom is -0.497 e. The molecule has 0 spiro atoms. The molecule has 0 unspecified atom stereocenters. The minimum absolute atomic E-state index is 0.253. The molecule has 1 amide bonds. The standard InChI is InChI=1S/C21H21N3O3S/c1-12-5-8-18-14(9-12)20-15(11-28-18)19(23-24(20)2)21(25)22-16-7-6-13(26-3)10-17(16)27-4/h5-10H,11H2,1-4H3,(H,22,25). The predicted molar refractivity (Wildman–Crippen MR) is 110 cm³/mol. The molecule has 6 nitrogen and oxygen atoms in total. The monoisotopic (exact) mass is 395 g/mol. The smallest absolute Gasteiger partial charge is 0.276 e. The molecule has 3 aromatic rings. The van der Waals surface area contributed by atoms with Gasteiger partial charge in [-0.1, -0.05) is 11.6 Å². The van der Waals surface area contributed by atoms with Crippen LogP contribution in [0.1, 0.15) is 21.6 Å². The molecule has 4 rings (SSSR count). The van der Waals surface area contributed by atoms with Crippen LogP contribution in [0.5, 0.6) is 11.5 Å². The van der Waals surface area contributed by atoms with Gasteiger partial charge in [-0.25, -0.2) is 0 Å². The summed E-state index contributed by atoms with van der Waals surface area (Å²) in [5.41, 5.74) is 5.28. The molecule has 28 heavy (non-hydrogen) atoms. The Morgan fingerprint density at radius 3 is 2.75 bits per heavy atom. The number of aromatic nitrogens is 2. The number of rotatable bonds is 4. The van der Waals surface area contributed by atoms with Crippen LogP contribution in [0.4, 0.5) is 5.69 Å². The molecule has 1 aliphatic heterocycles. The van der Waals surface area contributed by atoms with Gasteiger partial charge in [0.25, 0.3) is 5.91 Å². The Labute approximate surface area is 167 Å². The van der Waals surface area contributed by atoms with Crippen LogP contribution in [-0.2, 0) is 12.8 Å². The van der Waals surface area contributed by atoms with E-state index >= 15 is 0 Å². The fourth-order valence-electron chi connectivity index (χ4n) is 3.41. The fraction of sp³-hybridized carbons (Fsp3) is 0.238. The zero-order valence-electron chi connectivity index (χ0n) is 16.2. The molecule has 0 fully saturated rings. The number of hydrogen-bond donors (Lipinski definition) is 1. The number of ether oxygens (including phenoxy) is 2. The first-order chi connectivity index (χ1) is 13.5. The first-order valence-electron chi connectivity index (χ1n) is 8.85. The maximum atomic E-state index is 13.0. The average molecular weight is 395 g/mol. The van der Waals surface area contributed by atoms with Gasteiger partial charge in [0, 0.05) is 34.9 Å². The SMILES string of the molecule is COc1ccc(NC(=O)c2nn(C)c3c2CSc2ccc(C)cc2-3)c(OC)c1. The highest BCUT2D eigenvalue weighted by Gasteiger charge is 2.28. The molecule has 144 valence electrons. The van der Waals surface area contributed by atoms with E-state index in [-0.39, 0.29) is 5.91 Å². The summed E-state index contributed by atoms with van der Waals surface area (Å²) in [7, 11) is 5.03. The van der Waals surface area contributed by atoms with Crippen LogP contribution >= 0.6 is 11.8 Å². The maximum absolute atomic E-state index is 13.0. The number of anilines is 1. The van der Waals surface area contributed by atoms with Crippen molar-refractivity contribution in [2.75, 3.05) is 19.5 Å². The molecule has 0 radical (unpaired) electrons. The van der Waals surface area contributed by atoms with Gasteiger partial charge in [-0.05, 0) is 31.2 Å². The molecule has 1 N–H and O–H groups in total. The number of amides is 1. The van der Waals surface area contributed by atoms with Gasteiger partial charge in [0.2, 0.25) is 0 Å². The number of hydrogen-bond acceptors (Lipinski definition) is 5. The van der Waals surface area contributed by atoms with Crippen LogP contribution < -0.4 is 14.8 Å². The highest BCUT2D eigenvalue weighted by Crippen LogP contribution is 2.43.